The van der Waals surface area contributed by atoms with E-state index in [4.69, 9.17) is 0 Å². The van der Waals surface area contributed by atoms with Crippen LogP contribution in [0.15, 0.2) is 0 Å². The van der Waals surface area contributed by atoms with Gasteiger partial charge < -0.3 is 0 Å². The Morgan fingerprint density at radius 1 is 0.947 bits per heavy atom. The number of nitrogens with zero attached hydrogens (tertiary/aromatic N) is 2. The minimum Gasteiger partial charge on any atom is -0.298 e. The summed E-state index contributed by atoms with van der Waals surface area (Å²) in [5.41, 5.74) is 1.17. The molecule has 19 heavy (non-hydrogen) atoms. The topological polar surface area (TPSA) is 6.48 Å². The van der Waals surface area contributed by atoms with E-state index in [1.54, 1.807) is 0 Å². The van der Waals surface area contributed by atoms with Crippen molar-refractivity contribution in [3.8, 4) is 0 Å². The highest BCUT2D eigenvalue weighted by molar-refractivity contribution is 5.13. The molecule has 108 valence electrons. The van der Waals surface area contributed by atoms with E-state index in [1.807, 2.05) is 0 Å². The van der Waals surface area contributed by atoms with Crippen molar-refractivity contribution in [2.24, 2.45) is 16.7 Å². The molecule has 4 rings (SSSR count). The van der Waals surface area contributed by atoms with Crippen molar-refractivity contribution in [2.75, 3.05) is 26.2 Å². The highest BCUT2D eigenvalue weighted by Gasteiger charge is 2.61. The fraction of sp³-hybridized carbons (Fsp3) is 1.00. The van der Waals surface area contributed by atoms with Gasteiger partial charge in [-0.15, -0.1) is 0 Å². The Balaban J connectivity index is 1.58. The largest absolute Gasteiger partial charge is 0.298 e. The minimum atomic E-state index is 0.549. The first-order chi connectivity index (χ1) is 9.01. The molecule has 2 heteroatoms. The summed E-state index contributed by atoms with van der Waals surface area (Å²) in [6, 6.07) is 1.73. The van der Waals surface area contributed by atoms with E-state index >= 15 is 0 Å². The van der Waals surface area contributed by atoms with E-state index in [-0.39, 0.29) is 0 Å². The summed E-state index contributed by atoms with van der Waals surface area (Å²) in [6.07, 6.45) is 7.35. The van der Waals surface area contributed by atoms with Crippen LogP contribution in [0.3, 0.4) is 0 Å². The van der Waals surface area contributed by atoms with Crippen LogP contribution >= 0.6 is 0 Å². The molecule has 0 aromatic heterocycles. The Morgan fingerprint density at radius 2 is 1.74 bits per heavy atom. The van der Waals surface area contributed by atoms with Crippen LogP contribution in [0, 0.1) is 16.7 Å². The lowest BCUT2D eigenvalue weighted by Crippen LogP contribution is -2.60. The molecule has 2 heterocycles. The first kappa shape index (κ1) is 12.6. The molecule has 0 aromatic rings. The Bertz CT molecular complexity index is 373. The summed E-state index contributed by atoms with van der Waals surface area (Å²) in [5.74, 6) is 0.990. The molecule has 4 unspecified atom stereocenters. The zero-order valence-electron chi connectivity index (χ0n) is 13.0. The third kappa shape index (κ3) is 1.68. The van der Waals surface area contributed by atoms with Crippen molar-refractivity contribution in [3.63, 3.8) is 0 Å². The van der Waals surface area contributed by atoms with Crippen molar-refractivity contribution in [3.05, 3.63) is 0 Å². The maximum absolute atomic E-state index is 2.91. The Labute approximate surface area is 118 Å². The fourth-order valence-corrected chi connectivity index (χ4v) is 6.44. The van der Waals surface area contributed by atoms with Crippen LogP contribution in [0.25, 0.3) is 0 Å². The molecule has 2 saturated carbocycles. The van der Waals surface area contributed by atoms with Gasteiger partial charge in [0.15, 0.2) is 0 Å². The number of rotatable bonds is 1. The Hall–Kier alpha value is -0.0800. The first-order valence-electron chi connectivity index (χ1n) is 8.49. The Morgan fingerprint density at radius 3 is 2.47 bits per heavy atom. The summed E-state index contributed by atoms with van der Waals surface area (Å²) < 4.78 is 0. The van der Waals surface area contributed by atoms with E-state index in [0.717, 1.165) is 18.0 Å². The van der Waals surface area contributed by atoms with Crippen LogP contribution in [0.1, 0.15) is 52.9 Å². The molecule has 0 radical (unpaired) electrons. The van der Waals surface area contributed by atoms with Crippen LogP contribution in [0.2, 0.25) is 0 Å². The van der Waals surface area contributed by atoms with Crippen molar-refractivity contribution in [1.82, 2.24) is 9.80 Å². The Kier molecular flexibility index (Phi) is 2.65. The van der Waals surface area contributed by atoms with Crippen molar-refractivity contribution >= 4 is 0 Å². The normalized spacial score (nSPS) is 49.7. The second kappa shape index (κ2) is 3.98. The number of fused-ring (bicyclic) bond motifs is 3. The number of hydrogen-bond donors (Lipinski definition) is 0. The zero-order valence-corrected chi connectivity index (χ0v) is 13.0. The van der Waals surface area contributed by atoms with Crippen LogP contribution in [-0.2, 0) is 0 Å². The maximum atomic E-state index is 2.91. The second-order valence-corrected chi connectivity index (χ2v) is 8.64. The first-order valence-corrected chi connectivity index (χ1v) is 8.49. The SMILES string of the molecule is CC12CCC(C1)C(C)(C)C2N1CCN2CCCC2C1. The third-order valence-corrected chi connectivity index (χ3v) is 7.18. The highest BCUT2D eigenvalue weighted by Crippen LogP contribution is 2.64. The molecule has 2 nitrogen and oxygen atoms in total. The molecule has 2 aliphatic heterocycles. The lowest BCUT2D eigenvalue weighted by Gasteiger charge is -2.52. The highest BCUT2D eigenvalue weighted by atomic mass is 15.3. The van der Waals surface area contributed by atoms with Crippen LogP contribution in [-0.4, -0.2) is 48.1 Å². The van der Waals surface area contributed by atoms with E-state index in [0.29, 0.717) is 10.8 Å². The average Bonchev–Trinajstić information content (AvgIpc) is 2.98. The quantitative estimate of drug-likeness (QED) is 0.717. The summed E-state index contributed by atoms with van der Waals surface area (Å²) in [7, 11) is 0. The van der Waals surface area contributed by atoms with Gasteiger partial charge in [0.25, 0.3) is 0 Å². The van der Waals surface area contributed by atoms with E-state index in [1.165, 1.54) is 58.3 Å². The molecule has 2 saturated heterocycles. The van der Waals surface area contributed by atoms with Crippen molar-refractivity contribution in [1.29, 1.82) is 0 Å². The monoisotopic (exact) mass is 262 g/mol. The van der Waals surface area contributed by atoms with Gasteiger partial charge in [-0.25, -0.2) is 0 Å². The van der Waals surface area contributed by atoms with Crippen molar-refractivity contribution in [2.45, 2.75) is 65.0 Å². The second-order valence-electron chi connectivity index (χ2n) is 8.64. The van der Waals surface area contributed by atoms with Gasteiger partial charge in [-0.05, 0) is 55.4 Å². The summed E-state index contributed by atoms with van der Waals surface area (Å²) in [5, 5.41) is 0. The molecular weight excluding hydrogens is 232 g/mol. The maximum Gasteiger partial charge on any atom is 0.0224 e. The molecule has 4 aliphatic rings. The van der Waals surface area contributed by atoms with E-state index in [9.17, 15) is 0 Å². The number of hydrogen-bond acceptors (Lipinski definition) is 2. The van der Waals surface area contributed by atoms with Gasteiger partial charge in [-0.3, -0.25) is 9.80 Å². The minimum absolute atomic E-state index is 0.549. The third-order valence-electron chi connectivity index (χ3n) is 7.18. The summed E-state index contributed by atoms with van der Waals surface area (Å²) >= 11 is 0. The van der Waals surface area contributed by atoms with Gasteiger partial charge >= 0.3 is 0 Å². The molecule has 0 aromatic carbocycles. The molecule has 0 N–H and O–H groups in total. The van der Waals surface area contributed by atoms with Gasteiger partial charge in [0.1, 0.15) is 0 Å². The standard InChI is InChI=1S/C17H30N2/c1-16(2)13-6-7-17(3,11-13)15(16)19-10-9-18-8-4-5-14(18)12-19/h13-15H,4-12H2,1-3H3. The van der Waals surface area contributed by atoms with E-state index < -0.39 is 0 Å². The molecule has 0 amide bonds. The van der Waals surface area contributed by atoms with E-state index in [2.05, 4.69) is 30.6 Å². The smallest absolute Gasteiger partial charge is 0.0224 e. The predicted molar refractivity (Wildman–Crippen MR) is 79.2 cm³/mol. The molecule has 4 fully saturated rings. The summed E-state index contributed by atoms with van der Waals surface area (Å²) in [6.45, 7) is 13.1. The zero-order chi connectivity index (χ0) is 13.3. The lowest BCUT2D eigenvalue weighted by molar-refractivity contribution is -0.0322. The van der Waals surface area contributed by atoms with Crippen molar-refractivity contribution < 1.29 is 0 Å². The fourth-order valence-electron chi connectivity index (χ4n) is 6.44. The molecule has 2 aliphatic carbocycles. The predicted octanol–water partition coefficient (Wildman–Crippen LogP) is 2.98. The van der Waals surface area contributed by atoms with Gasteiger partial charge in [0.05, 0.1) is 0 Å². The average molecular weight is 262 g/mol. The molecular formula is C17H30N2. The van der Waals surface area contributed by atoms with Gasteiger partial charge in [-0.2, -0.15) is 0 Å². The van der Waals surface area contributed by atoms with Gasteiger partial charge in [-0.1, -0.05) is 20.8 Å². The number of piperazine rings is 1. The molecule has 0 spiro atoms. The van der Waals surface area contributed by atoms with Gasteiger partial charge in [0.2, 0.25) is 0 Å². The molecule has 4 atom stereocenters. The van der Waals surface area contributed by atoms with Gasteiger partial charge in [0, 0.05) is 31.7 Å². The van der Waals surface area contributed by atoms with Crippen LogP contribution in [0.4, 0.5) is 0 Å². The van der Waals surface area contributed by atoms with Crippen LogP contribution < -0.4 is 0 Å². The molecule has 2 bridgehead atoms. The lowest BCUT2D eigenvalue weighted by atomic mass is 9.67. The van der Waals surface area contributed by atoms with Crippen LogP contribution in [0.5, 0.6) is 0 Å². The summed E-state index contributed by atoms with van der Waals surface area (Å²) in [4.78, 5) is 5.66.